The first-order chi connectivity index (χ1) is 7.02. The van der Waals surface area contributed by atoms with Crippen molar-refractivity contribution in [2.45, 2.75) is 0 Å². The van der Waals surface area contributed by atoms with Crippen molar-refractivity contribution < 1.29 is 23.8 Å². The molecule has 0 amide bonds. The summed E-state index contributed by atoms with van der Waals surface area (Å²) in [4.78, 5) is 10.9. The van der Waals surface area contributed by atoms with Gasteiger partial charge in [-0.05, 0) is 22.0 Å². The maximum atomic E-state index is 13.3. The highest BCUT2D eigenvalue weighted by molar-refractivity contribution is 9.10. The van der Waals surface area contributed by atoms with E-state index in [4.69, 9.17) is 9.84 Å². The third-order valence-electron chi connectivity index (χ3n) is 1.76. The fourth-order valence-electron chi connectivity index (χ4n) is 1.18. The number of aromatic carboxylic acids is 1. The molecular weight excluding hydrogens is 271 g/mol. The first-order valence-corrected chi connectivity index (χ1v) is 4.65. The molecule has 0 aromatic heterocycles. The molecule has 4 nitrogen and oxygen atoms in total. The predicted molar refractivity (Wildman–Crippen MR) is 54.2 cm³/mol. The van der Waals surface area contributed by atoms with Crippen molar-refractivity contribution in [3.8, 4) is 11.5 Å². The zero-order valence-corrected chi connectivity index (χ0v) is 9.59. The van der Waals surface area contributed by atoms with Gasteiger partial charge in [-0.25, -0.2) is 9.18 Å². The number of ether oxygens (including phenoxy) is 2. The Labute approximate surface area is 93.7 Å². The van der Waals surface area contributed by atoms with Gasteiger partial charge in [0.25, 0.3) is 0 Å². The van der Waals surface area contributed by atoms with Crippen LogP contribution in [0.15, 0.2) is 10.5 Å². The first-order valence-electron chi connectivity index (χ1n) is 3.86. The molecule has 0 fully saturated rings. The molecule has 0 bridgehead atoms. The van der Waals surface area contributed by atoms with Crippen molar-refractivity contribution in [2.75, 3.05) is 14.2 Å². The average molecular weight is 279 g/mol. The SMILES string of the molecule is COc1c(F)cc(Br)c(OC)c1C(=O)O. The number of carboxylic acids is 1. The largest absolute Gasteiger partial charge is 0.495 e. The quantitative estimate of drug-likeness (QED) is 0.922. The van der Waals surface area contributed by atoms with Crippen molar-refractivity contribution in [3.63, 3.8) is 0 Å². The van der Waals surface area contributed by atoms with Crippen molar-refractivity contribution in [2.24, 2.45) is 0 Å². The van der Waals surface area contributed by atoms with E-state index in [1.54, 1.807) is 0 Å². The Morgan fingerprint density at radius 3 is 2.33 bits per heavy atom. The molecular formula is C9H8BrFO4. The lowest BCUT2D eigenvalue weighted by atomic mass is 10.1. The molecule has 15 heavy (non-hydrogen) atoms. The maximum Gasteiger partial charge on any atom is 0.343 e. The summed E-state index contributed by atoms with van der Waals surface area (Å²) in [6.07, 6.45) is 0. The number of hydrogen-bond donors (Lipinski definition) is 1. The van der Waals surface area contributed by atoms with Crippen molar-refractivity contribution in [3.05, 3.63) is 21.9 Å². The molecule has 82 valence electrons. The topological polar surface area (TPSA) is 55.8 Å². The summed E-state index contributed by atoms with van der Waals surface area (Å²) >= 11 is 3.01. The van der Waals surface area contributed by atoms with E-state index >= 15 is 0 Å². The monoisotopic (exact) mass is 278 g/mol. The Hall–Kier alpha value is -1.30. The number of carboxylic acid groups (broad SMARTS) is 1. The molecule has 0 aliphatic carbocycles. The Bertz CT molecular complexity index is 377. The van der Waals surface area contributed by atoms with Crippen molar-refractivity contribution in [1.29, 1.82) is 0 Å². The second kappa shape index (κ2) is 4.48. The van der Waals surface area contributed by atoms with Crippen LogP contribution in [0.1, 0.15) is 10.4 Å². The van der Waals surface area contributed by atoms with Crippen LogP contribution in [0.5, 0.6) is 11.5 Å². The van der Waals surface area contributed by atoms with E-state index in [1.807, 2.05) is 0 Å². The molecule has 0 aliphatic rings. The smallest absolute Gasteiger partial charge is 0.343 e. The van der Waals surface area contributed by atoms with Crippen molar-refractivity contribution in [1.82, 2.24) is 0 Å². The molecule has 0 radical (unpaired) electrons. The minimum absolute atomic E-state index is 0.0285. The summed E-state index contributed by atoms with van der Waals surface area (Å²) in [5.74, 6) is -2.39. The Balaban J connectivity index is 3.58. The summed E-state index contributed by atoms with van der Waals surface area (Å²) in [6, 6.07) is 1.09. The normalized spacial score (nSPS) is 9.87. The van der Waals surface area contributed by atoms with Crippen LogP contribution >= 0.6 is 15.9 Å². The van der Waals surface area contributed by atoms with Crippen LogP contribution in [0.4, 0.5) is 4.39 Å². The molecule has 1 aromatic rings. The number of carbonyl (C=O) groups is 1. The van der Waals surface area contributed by atoms with Crippen LogP contribution in [-0.2, 0) is 0 Å². The summed E-state index contributed by atoms with van der Waals surface area (Å²) in [6.45, 7) is 0. The fraction of sp³-hybridized carbons (Fsp3) is 0.222. The van der Waals surface area contributed by atoms with E-state index < -0.39 is 11.8 Å². The molecule has 0 saturated carbocycles. The van der Waals surface area contributed by atoms with Crippen LogP contribution < -0.4 is 9.47 Å². The van der Waals surface area contributed by atoms with Gasteiger partial charge in [-0.1, -0.05) is 0 Å². The molecule has 0 unspecified atom stereocenters. The standard InChI is InChI=1S/C9H8BrFO4/c1-14-7-4(10)3-5(11)8(15-2)6(7)9(12)13/h3H,1-2H3,(H,12,13). The van der Waals surface area contributed by atoms with E-state index in [2.05, 4.69) is 20.7 Å². The van der Waals surface area contributed by atoms with Gasteiger partial charge < -0.3 is 14.6 Å². The molecule has 1 N–H and O–H groups in total. The molecule has 0 spiro atoms. The van der Waals surface area contributed by atoms with Gasteiger partial charge in [0.2, 0.25) is 0 Å². The van der Waals surface area contributed by atoms with Gasteiger partial charge in [-0.3, -0.25) is 0 Å². The number of rotatable bonds is 3. The summed E-state index contributed by atoms with van der Waals surface area (Å²) < 4.78 is 23.1. The van der Waals surface area contributed by atoms with Crippen LogP contribution in [0, 0.1) is 5.82 Å². The van der Waals surface area contributed by atoms with E-state index in [0.29, 0.717) is 0 Å². The summed E-state index contributed by atoms with van der Waals surface area (Å²) in [5.41, 5.74) is -0.341. The number of hydrogen-bond acceptors (Lipinski definition) is 3. The van der Waals surface area contributed by atoms with Gasteiger partial charge in [0.15, 0.2) is 17.3 Å². The van der Waals surface area contributed by atoms with Crippen LogP contribution in [0.3, 0.4) is 0 Å². The minimum Gasteiger partial charge on any atom is -0.495 e. The lowest BCUT2D eigenvalue weighted by molar-refractivity contribution is 0.0688. The lowest BCUT2D eigenvalue weighted by Gasteiger charge is -2.12. The van der Waals surface area contributed by atoms with Crippen molar-refractivity contribution >= 4 is 21.9 Å². The molecule has 0 saturated heterocycles. The second-order valence-corrected chi connectivity index (χ2v) is 3.44. The molecule has 1 aromatic carbocycles. The van der Waals surface area contributed by atoms with E-state index in [9.17, 15) is 9.18 Å². The highest BCUT2D eigenvalue weighted by Crippen LogP contribution is 2.37. The predicted octanol–water partition coefficient (Wildman–Crippen LogP) is 2.30. The van der Waals surface area contributed by atoms with Crippen LogP contribution in [-0.4, -0.2) is 25.3 Å². The summed E-state index contributed by atoms with van der Waals surface area (Å²) in [7, 11) is 2.49. The van der Waals surface area contributed by atoms with E-state index in [-0.39, 0.29) is 21.5 Å². The molecule has 0 aliphatic heterocycles. The Morgan fingerprint density at radius 1 is 1.40 bits per heavy atom. The minimum atomic E-state index is -1.32. The van der Waals surface area contributed by atoms with Gasteiger partial charge in [0.05, 0.1) is 18.7 Å². The maximum absolute atomic E-state index is 13.3. The molecule has 0 heterocycles. The fourth-order valence-corrected chi connectivity index (χ4v) is 1.74. The Morgan fingerprint density at radius 2 is 1.93 bits per heavy atom. The van der Waals surface area contributed by atoms with Crippen LogP contribution in [0.25, 0.3) is 0 Å². The van der Waals surface area contributed by atoms with Gasteiger partial charge in [-0.2, -0.15) is 0 Å². The zero-order chi connectivity index (χ0) is 11.6. The van der Waals surface area contributed by atoms with Gasteiger partial charge in [0.1, 0.15) is 5.56 Å². The van der Waals surface area contributed by atoms with E-state index in [0.717, 1.165) is 6.07 Å². The van der Waals surface area contributed by atoms with Gasteiger partial charge in [0, 0.05) is 0 Å². The number of halogens is 2. The first kappa shape index (κ1) is 11.8. The third kappa shape index (κ3) is 2.04. The highest BCUT2D eigenvalue weighted by Gasteiger charge is 2.24. The average Bonchev–Trinajstić information content (AvgIpc) is 2.16. The zero-order valence-electron chi connectivity index (χ0n) is 8.01. The molecule has 0 atom stereocenters. The lowest BCUT2D eigenvalue weighted by Crippen LogP contribution is -2.06. The molecule has 6 heteroatoms. The second-order valence-electron chi connectivity index (χ2n) is 2.59. The van der Waals surface area contributed by atoms with Gasteiger partial charge >= 0.3 is 5.97 Å². The third-order valence-corrected chi connectivity index (χ3v) is 2.35. The van der Waals surface area contributed by atoms with Gasteiger partial charge in [-0.15, -0.1) is 0 Å². The summed E-state index contributed by atoms with van der Waals surface area (Å²) in [5, 5.41) is 8.91. The Kier molecular flexibility index (Phi) is 3.52. The van der Waals surface area contributed by atoms with E-state index in [1.165, 1.54) is 14.2 Å². The highest BCUT2D eigenvalue weighted by atomic mass is 79.9. The number of benzene rings is 1. The van der Waals surface area contributed by atoms with Crippen LogP contribution in [0.2, 0.25) is 0 Å². The molecule has 1 rings (SSSR count). The number of methoxy groups -OCH3 is 2.